The second-order valence-electron chi connectivity index (χ2n) is 9.71. The molecule has 4 aromatic rings. The van der Waals surface area contributed by atoms with Gasteiger partial charge in [0.15, 0.2) is 0 Å². The van der Waals surface area contributed by atoms with Crippen LogP contribution in [0.2, 0.25) is 0 Å². The third-order valence-electron chi connectivity index (χ3n) is 7.10. The van der Waals surface area contributed by atoms with Gasteiger partial charge in [-0.3, -0.25) is 9.71 Å². The highest BCUT2D eigenvalue weighted by Gasteiger charge is 2.39. The Morgan fingerprint density at radius 1 is 1.05 bits per heavy atom. The van der Waals surface area contributed by atoms with Crippen molar-refractivity contribution in [1.82, 2.24) is 15.0 Å². The number of rotatable bonds is 6. The molecule has 0 amide bonds. The van der Waals surface area contributed by atoms with Crippen molar-refractivity contribution < 1.29 is 13.2 Å². The zero-order valence-electron chi connectivity index (χ0n) is 22.0. The van der Waals surface area contributed by atoms with Crippen LogP contribution in [0.1, 0.15) is 35.2 Å². The normalized spacial score (nSPS) is 19.2. The monoisotopic (exact) mass is 537 g/mol. The van der Waals surface area contributed by atoms with Gasteiger partial charge in [0.05, 0.1) is 33.8 Å². The number of pyridine rings is 1. The van der Waals surface area contributed by atoms with Crippen LogP contribution in [0.25, 0.3) is 16.3 Å². The van der Waals surface area contributed by atoms with Crippen molar-refractivity contribution in [2.75, 3.05) is 11.8 Å². The molecule has 0 saturated carbocycles. The number of methoxy groups -OCH3 is 1. The molecule has 9 heteroatoms. The highest BCUT2D eigenvalue weighted by Crippen LogP contribution is 2.44. The average molecular weight is 538 g/mol. The maximum atomic E-state index is 13.0. The predicted octanol–water partition coefficient (Wildman–Crippen LogP) is 5.48. The van der Waals surface area contributed by atoms with Crippen molar-refractivity contribution in [2.24, 2.45) is 0 Å². The Hall–Kier alpha value is -4.39. The molecule has 2 aromatic carbocycles. The lowest BCUT2D eigenvalue weighted by atomic mass is 9.75. The molecule has 2 aromatic heterocycles. The maximum Gasteiger partial charge on any atom is 0.263 e. The quantitative estimate of drug-likeness (QED) is 0.346. The molecule has 2 atom stereocenters. The number of nitrogens with zero attached hydrogens (tertiary/aromatic N) is 4. The Morgan fingerprint density at radius 2 is 1.87 bits per heavy atom. The summed E-state index contributed by atoms with van der Waals surface area (Å²) in [5.41, 5.74) is 4.44. The van der Waals surface area contributed by atoms with E-state index < -0.39 is 21.5 Å². The lowest BCUT2D eigenvalue weighted by Crippen LogP contribution is -2.35. The molecule has 0 spiro atoms. The minimum atomic E-state index is -3.88. The van der Waals surface area contributed by atoms with E-state index in [2.05, 4.69) is 31.8 Å². The molecule has 196 valence electrons. The van der Waals surface area contributed by atoms with Crippen LogP contribution < -0.4 is 4.72 Å². The van der Waals surface area contributed by atoms with E-state index in [1.54, 1.807) is 31.5 Å². The largest absolute Gasteiger partial charge is 0.373 e. The van der Waals surface area contributed by atoms with Crippen LogP contribution >= 0.6 is 0 Å². The molecular weight excluding hydrogens is 510 g/mol. The zero-order chi connectivity index (χ0) is 27.8. The van der Waals surface area contributed by atoms with Crippen LogP contribution in [0.5, 0.6) is 0 Å². The van der Waals surface area contributed by atoms with E-state index in [4.69, 9.17) is 4.74 Å². The molecule has 1 N–H and O–H groups in total. The average Bonchev–Trinajstić information content (AvgIpc) is 2.93. The maximum absolute atomic E-state index is 13.0. The van der Waals surface area contributed by atoms with Crippen LogP contribution in [-0.4, -0.2) is 36.1 Å². The smallest absolute Gasteiger partial charge is 0.263 e. The molecule has 2 heterocycles. The Labute approximate surface area is 227 Å². The van der Waals surface area contributed by atoms with E-state index in [0.717, 1.165) is 27.6 Å². The first-order chi connectivity index (χ1) is 18.6. The Morgan fingerprint density at radius 3 is 2.56 bits per heavy atom. The number of nitriles is 1. The van der Waals surface area contributed by atoms with Crippen molar-refractivity contribution in [2.45, 2.75) is 37.2 Å². The van der Waals surface area contributed by atoms with Gasteiger partial charge in [-0.2, -0.15) is 5.26 Å². The third-order valence-corrected chi connectivity index (χ3v) is 8.45. The number of hydrogen-bond donors (Lipinski definition) is 1. The summed E-state index contributed by atoms with van der Waals surface area (Å²) >= 11 is 0. The summed E-state index contributed by atoms with van der Waals surface area (Å²) in [4.78, 5) is 12.5. The Kier molecular flexibility index (Phi) is 6.76. The Balaban J connectivity index is 1.58. The number of sulfonamides is 1. The summed E-state index contributed by atoms with van der Waals surface area (Å²) in [6.45, 7) is 6.04. The fourth-order valence-electron chi connectivity index (χ4n) is 4.99. The van der Waals surface area contributed by atoms with Crippen LogP contribution in [0.3, 0.4) is 0 Å². The molecule has 39 heavy (non-hydrogen) atoms. The summed E-state index contributed by atoms with van der Waals surface area (Å²) in [7, 11) is -2.24. The van der Waals surface area contributed by atoms with Crippen molar-refractivity contribution in [1.29, 1.82) is 5.26 Å². The SMILES string of the molecule is COC1(C)C=C(c2ccc(C)cc2C)C(C#N)=CC1c1nccc2cc(S(=O)(=O)Nc3ccncn3)ccc12. The lowest BCUT2D eigenvalue weighted by Gasteiger charge is -2.36. The number of hydrogen-bond acceptors (Lipinski definition) is 7. The number of ether oxygens (including phenoxy) is 1. The van der Waals surface area contributed by atoms with E-state index in [-0.39, 0.29) is 10.7 Å². The first-order valence-corrected chi connectivity index (χ1v) is 13.8. The van der Waals surface area contributed by atoms with Gasteiger partial charge in [0.1, 0.15) is 12.1 Å². The van der Waals surface area contributed by atoms with Gasteiger partial charge in [-0.1, -0.05) is 35.9 Å². The molecule has 0 saturated heterocycles. The number of nitrogens with one attached hydrogen (secondary N) is 1. The molecule has 2 unspecified atom stereocenters. The molecule has 5 rings (SSSR count). The Bertz CT molecular complexity index is 1790. The van der Waals surface area contributed by atoms with Crippen LogP contribution in [0.4, 0.5) is 5.82 Å². The standard InChI is InChI=1S/C30H27N5O3S/c1-19-5-7-24(20(2)13-19)26-16-30(3,38-4)27(15-22(26)17-31)29-25-8-6-23(14-21(25)9-12-33-29)39(36,37)35-28-10-11-32-18-34-28/h5-16,18,27H,1-4H3,(H,32,34,35). The van der Waals surface area contributed by atoms with Gasteiger partial charge < -0.3 is 4.74 Å². The first-order valence-electron chi connectivity index (χ1n) is 12.3. The third kappa shape index (κ3) is 4.92. The van der Waals surface area contributed by atoms with Gasteiger partial charge in [-0.25, -0.2) is 18.4 Å². The van der Waals surface area contributed by atoms with Gasteiger partial charge in [0, 0.05) is 24.9 Å². The number of aryl methyl sites for hydroxylation is 2. The minimum Gasteiger partial charge on any atom is -0.373 e. The van der Waals surface area contributed by atoms with Gasteiger partial charge in [-0.15, -0.1) is 0 Å². The topological polar surface area (TPSA) is 118 Å². The molecule has 0 radical (unpaired) electrons. The molecule has 1 aliphatic carbocycles. The summed E-state index contributed by atoms with van der Waals surface area (Å²) in [6, 6.07) is 16.7. The number of aromatic nitrogens is 3. The molecular formula is C30H27N5O3S. The number of benzene rings is 2. The summed E-state index contributed by atoms with van der Waals surface area (Å²) in [5.74, 6) is -0.212. The van der Waals surface area contributed by atoms with Crippen molar-refractivity contribution >= 4 is 32.2 Å². The number of anilines is 1. The number of fused-ring (bicyclic) bond motifs is 1. The van der Waals surface area contributed by atoms with Gasteiger partial charge in [0.2, 0.25) is 0 Å². The van der Waals surface area contributed by atoms with Gasteiger partial charge >= 0.3 is 0 Å². The van der Waals surface area contributed by atoms with Crippen molar-refractivity contribution in [3.8, 4) is 6.07 Å². The van der Waals surface area contributed by atoms with Gasteiger partial charge in [0.25, 0.3) is 10.0 Å². The van der Waals surface area contributed by atoms with Crippen LogP contribution in [-0.2, 0) is 14.8 Å². The van der Waals surface area contributed by atoms with Crippen molar-refractivity contribution in [3.63, 3.8) is 0 Å². The van der Waals surface area contributed by atoms with E-state index in [1.807, 2.05) is 45.1 Å². The minimum absolute atomic E-state index is 0.0918. The summed E-state index contributed by atoms with van der Waals surface area (Å²) < 4.78 is 34.6. The van der Waals surface area contributed by atoms with Crippen molar-refractivity contribution in [3.05, 3.63) is 107 Å². The molecule has 0 aliphatic heterocycles. The fourth-order valence-corrected chi connectivity index (χ4v) is 6.03. The van der Waals surface area contributed by atoms with E-state index in [1.165, 1.54) is 24.7 Å². The molecule has 0 fully saturated rings. The fraction of sp³-hybridized carbons (Fsp3) is 0.200. The van der Waals surface area contributed by atoms with Crippen LogP contribution in [0.15, 0.2) is 89.9 Å². The molecule has 1 aliphatic rings. The predicted molar refractivity (Wildman–Crippen MR) is 150 cm³/mol. The molecule has 8 nitrogen and oxygen atoms in total. The van der Waals surface area contributed by atoms with Gasteiger partial charge in [-0.05, 0) is 73.2 Å². The van der Waals surface area contributed by atoms with E-state index >= 15 is 0 Å². The van der Waals surface area contributed by atoms with E-state index in [9.17, 15) is 13.7 Å². The highest BCUT2D eigenvalue weighted by molar-refractivity contribution is 7.92. The first kappa shape index (κ1) is 26.2. The van der Waals surface area contributed by atoms with E-state index in [0.29, 0.717) is 16.7 Å². The zero-order valence-corrected chi connectivity index (χ0v) is 22.8. The second-order valence-corrected chi connectivity index (χ2v) is 11.4. The second kappa shape index (κ2) is 10.1. The van der Waals surface area contributed by atoms with Crippen LogP contribution in [0, 0.1) is 25.2 Å². The highest BCUT2D eigenvalue weighted by atomic mass is 32.2. The molecule has 0 bridgehead atoms. The summed E-state index contributed by atoms with van der Waals surface area (Å²) in [6.07, 6.45) is 8.28. The summed E-state index contributed by atoms with van der Waals surface area (Å²) in [5, 5.41) is 11.6. The lowest BCUT2D eigenvalue weighted by molar-refractivity contribution is 0.0352. The number of allylic oxidation sites excluding steroid dienone is 2.